The Morgan fingerprint density at radius 1 is 1.71 bits per heavy atom. The van der Waals surface area contributed by atoms with Crippen molar-refractivity contribution in [1.29, 1.82) is 0 Å². The van der Waals surface area contributed by atoms with Gasteiger partial charge in [-0.1, -0.05) is 0 Å². The maximum atomic E-state index is 10.3. The fourth-order valence-electron chi connectivity index (χ4n) is 1.10. The zero-order chi connectivity index (χ0) is 10.6. The van der Waals surface area contributed by atoms with Gasteiger partial charge in [-0.3, -0.25) is 4.79 Å². The number of aromatic nitrogens is 1. The van der Waals surface area contributed by atoms with E-state index in [1.165, 1.54) is 11.3 Å². The highest BCUT2D eigenvalue weighted by atomic mass is 32.1. The molecule has 1 heterocycles. The van der Waals surface area contributed by atoms with E-state index in [1.807, 2.05) is 5.38 Å². The molecule has 0 aliphatic carbocycles. The van der Waals surface area contributed by atoms with E-state index >= 15 is 0 Å². The van der Waals surface area contributed by atoms with Crippen LogP contribution in [0.5, 0.6) is 0 Å². The first-order chi connectivity index (χ1) is 6.58. The van der Waals surface area contributed by atoms with E-state index in [0.717, 1.165) is 5.69 Å². The standard InChI is InChI=1S/C8H13N3O2S/c9-5(3-7(12)13)1-2-6-4-14-8(10)11-6/h4-5H,1-3,9H2,(H2,10,11)(H,12,13)/t5-/m1/s1. The highest BCUT2D eigenvalue weighted by Gasteiger charge is 2.08. The van der Waals surface area contributed by atoms with Crippen molar-refractivity contribution >= 4 is 22.4 Å². The summed E-state index contributed by atoms with van der Waals surface area (Å²) in [5.41, 5.74) is 11.9. The summed E-state index contributed by atoms with van der Waals surface area (Å²) in [5.74, 6) is -0.865. The van der Waals surface area contributed by atoms with Gasteiger partial charge in [-0.05, 0) is 12.8 Å². The number of hydrogen-bond donors (Lipinski definition) is 3. The molecule has 0 spiro atoms. The average molecular weight is 215 g/mol. The van der Waals surface area contributed by atoms with Crippen LogP contribution >= 0.6 is 11.3 Å². The van der Waals surface area contributed by atoms with Gasteiger partial charge in [-0.15, -0.1) is 11.3 Å². The summed E-state index contributed by atoms with van der Waals surface area (Å²) in [6, 6.07) is -0.310. The van der Waals surface area contributed by atoms with Crippen LogP contribution in [0.4, 0.5) is 5.13 Å². The summed E-state index contributed by atoms with van der Waals surface area (Å²) in [4.78, 5) is 14.4. The molecule has 0 unspecified atom stereocenters. The molecular weight excluding hydrogens is 202 g/mol. The van der Waals surface area contributed by atoms with Crippen LogP contribution < -0.4 is 11.5 Å². The summed E-state index contributed by atoms with van der Waals surface area (Å²) < 4.78 is 0. The van der Waals surface area contributed by atoms with Gasteiger partial charge in [-0.25, -0.2) is 4.98 Å². The fraction of sp³-hybridized carbons (Fsp3) is 0.500. The van der Waals surface area contributed by atoms with Crippen molar-refractivity contribution < 1.29 is 9.90 Å². The van der Waals surface area contributed by atoms with Crippen molar-refractivity contribution in [3.05, 3.63) is 11.1 Å². The lowest BCUT2D eigenvalue weighted by Gasteiger charge is -2.06. The Hall–Kier alpha value is -1.14. The summed E-state index contributed by atoms with van der Waals surface area (Å²) in [6.07, 6.45) is 1.30. The molecule has 0 fully saturated rings. The predicted molar refractivity (Wildman–Crippen MR) is 55.1 cm³/mol. The monoisotopic (exact) mass is 215 g/mol. The Balaban J connectivity index is 2.30. The molecule has 0 saturated heterocycles. The number of nitrogens with zero attached hydrogens (tertiary/aromatic N) is 1. The smallest absolute Gasteiger partial charge is 0.304 e. The van der Waals surface area contributed by atoms with Crippen LogP contribution in [0.25, 0.3) is 0 Å². The molecule has 1 aromatic heterocycles. The molecule has 1 aromatic rings. The number of aliphatic carboxylic acids is 1. The quantitative estimate of drug-likeness (QED) is 0.662. The van der Waals surface area contributed by atoms with E-state index in [0.29, 0.717) is 18.0 Å². The second-order valence-electron chi connectivity index (χ2n) is 3.07. The molecule has 1 rings (SSSR count). The largest absolute Gasteiger partial charge is 0.481 e. The second kappa shape index (κ2) is 4.92. The molecule has 0 saturated carbocycles. The zero-order valence-electron chi connectivity index (χ0n) is 7.64. The maximum absolute atomic E-state index is 10.3. The third kappa shape index (κ3) is 3.71. The summed E-state index contributed by atoms with van der Waals surface area (Å²) in [5, 5.41) is 10.9. The zero-order valence-corrected chi connectivity index (χ0v) is 8.46. The topological polar surface area (TPSA) is 102 Å². The Labute approximate surface area is 85.8 Å². The Kier molecular flexibility index (Phi) is 3.84. The Bertz CT molecular complexity index is 313. The van der Waals surface area contributed by atoms with Crippen molar-refractivity contribution in [2.45, 2.75) is 25.3 Å². The van der Waals surface area contributed by atoms with Gasteiger partial charge in [0.2, 0.25) is 0 Å². The van der Waals surface area contributed by atoms with Crippen LogP contribution in [-0.4, -0.2) is 22.1 Å². The Morgan fingerprint density at radius 3 is 2.93 bits per heavy atom. The lowest BCUT2D eigenvalue weighted by atomic mass is 10.1. The minimum absolute atomic E-state index is 0.000378. The number of carbonyl (C=O) groups is 1. The predicted octanol–water partition coefficient (Wildman–Crippen LogP) is 0.460. The van der Waals surface area contributed by atoms with E-state index in [-0.39, 0.29) is 12.5 Å². The highest BCUT2D eigenvalue weighted by Crippen LogP contribution is 2.13. The number of carboxylic acid groups (broad SMARTS) is 1. The lowest BCUT2D eigenvalue weighted by molar-refractivity contribution is -0.137. The minimum Gasteiger partial charge on any atom is -0.481 e. The van der Waals surface area contributed by atoms with Crippen molar-refractivity contribution in [3.8, 4) is 0 Å². The number of thiazole rings is 1. The first-order valence-corrected chi connectivity index (χ1v) is 5.13. The first-order valence-electron chi connectivity index (χ1n) is 4.25. The van der Waals surface area contributed by atoms with Gasteiger partial charge in [0.25, 0.3) is 0 Å². The molecule has 5 N–H and O–H groups in total. The first kappa shape index (κ1) is 10.9. The number of nitrogen functional groups attached to an aromatic ring is 1. The van der Waals surface area contributed by atoms with E-state index in [2.05, 4.69) is 4.98 Å². The van der Waals surface area contributed by atoms with Crippen molar-refractivity contribution in [3.63, 3.8) is 0 Å². The third-order valence-electron chi connectivity index (χ3n) is 1.78. The average Bonchev–Trinajstić information content (AvgIpc) is 2.47. The summed E-state index contributed by atoms with van der Waals surface area (Å²) >= 11 is 1.38. The molecule has 5 nitrogen and oxygen atoms in total. The minimum atomic E-state index is -0.865. The number of carboxylic acids is 1. The fourth-order valence-corrected chi connectivity index (χ4v) is 1.69. The molecule has 0 aliphatic heterocycles. The van der Waals surface area contributed by atoms with Crippen molar-refractivity contribution in [2.24, 2.45) is 5.73 Å². The molecule has 6 heteroatoms. The Morgan fingerprint density at radius 2 is 2.43 bits per heavy atom. The molecule has 78 valence electrons. The molecule has 1 atom stereocenters. The SMILES string of the molecule is Nc1nc(CC[C@@H](N)CC(=O)O)cs1. The number of nitrogens with two attached hydrogens (primary N) is 2. The van der Waals surface area contributed by atoms with Crippen LogP contribution in [0.15, 0.2) is 5.38 Å². The summed E-state index contributed by atoms with van der Waals surface area (Å²) in [7, 11) is 0. The van der Waals surface area contributed by atoms with Crippen LogP contribution in [0.3, 0.4) is 0 Å². The normalized spacial score (nSPS) is 12.6. The van der Waals surface area contributed by atoms with Crippen LogP contribution in [0, 0.1) is 0 Å². The van der Waals surface area contributed by atoms with E-state index < -0.39 is 5.97 Å². The van der Waals surface area contributed by atoms with Gasteiger partial charge >= 0.3 is 5.97 Å². The van der Waals surface area contributed by atoms with Gasteiger partial charge in [0.1, 0.15) is 0 Å². The molecule has 0 aliphatic rings. The lowest BCUT2D eigenvalue weighted by Crippen LogP contribution is -2.24. The van der Waals surface area contributed by atoms with Crippen molar-refractivity contribution in [2.75, 3.05) is 5.73 Å². The van der Waals surface area contributed by atoms with Crippen LogP contribution in [0.1, 0.15) is 18.5 Å². The summed E-state index contributed by atoms with van der Waals surface area (Å²) in [6.45, 7) is 0. The molecular formula is C8H13N3O2S. The van der Waals surface area contributed by atoms with Gasteiger partial charge in [0.15, 0.2) is 5.13 Å². The van der Waals surface area contributed by atoms with Gasteiger partial charge < -0.3 is 16.6 Å². The van der Waals surface area contributed by atoms with Gasteiger partial charge in [0, 0.05) is 11.4 Å². The van der Waals surface area contributed by atoms with E-state index in [1.54, 1.807) is 0 Å². The third-order valence-corrected chi connectivity index (χ3v) is 2.50. The number of rotatable bonds is 5. The van der Waals surface area contributed by atoms with Gasteiger partial charge in [-0.2, -0.15) is 0 Å². The molecule has 0 radical (unpaired) electrons. The van der Waals surface area contributed by atoms with Crippen LogP contribution in [0.2, 0.25) is 0 Å². The number of aryl methyl sites for hydroxylation is 1. The van der Waals surface area contributed by atoms with E-state index in [4.69, 9.17) is 16.6 Å². The van der Waals surface area contributed by atoms with Crippen LogP contribution in [-0.2, 0) is 11.2 Å². The van der Waals surface area contributed by atoms with E-state index in [9.17, 15) is 4.79 Å². The molecule has 0 aromatic carbocycles. The molecule has 0 amide bonds. The van der Waals surface area contributed by atoms with Crippen molar-refractivity contribution in [1.82, 2.24) is 4.98 Å². The number of hydrogen-bond acceptors (Lipinski definition) is 5. The highest BCUT2D eigenvalue weighted by molar-refractivity contribution is 7.13. The van der Waals surface area contributed by atoms with Gasteiger partial charge in [0.05, 0.1) is 12.1 Å². The molecule has 14 heavy (non-hydrogen) atoms. The molecule has 0 bridgehead atoms. The second-order valence-corrected chi connectivity index (χ2v) is 3.96. The maximum Gasteiger partial charge on any atom is 0.304 e. The number of anilines is 1.